The van der Waals surface area contributed by atoms with Crippen molar-refractivity contribution in [2.24, 2.45) is 0 Å². The number of hydrogen-bond acceptors (Lipinski definition) is 6. The van der Waals surface area contributed by atoms with Gasteiger partial charge in [-0.3, -0.25) is 9.59 Å². The highest BCUT2D eigenvalue weighted by molar-refractivity contribution is 7.91. The molecule has 2 saturated heterocycles. The molecule has 1 atom stereocenters. The summed E-state index contributed by atoms with van der Waals surface area (Å²) in [4.78, 5) is 26.5. The maximum Gasteiger partial charge on any atom is 0.254 e. The number of amides is 2. The van der Waals surface area contributed by atoms with Crippen molar-refractivity contribution in [2.45, 2.75) is 37.1 Å². The molecule has 0 spiro atoms. The summed E-state index contributed by atoms with van der Waals surface area (Å²) in [5.74, 6) is -0.829. The van der Waals surface area contributed by atoms with Gasteiger partial charge in [0.15, 0.2) is 9.84 Å². The summed E-state index contributed by atoms with van der Waals surface area (Å²) in [6.07, 6.45) is 2.06. The van der Waals surface area contributed by atoms with E-state index in [2.05, 4.69) is 5.32 Å². The predicted molar refractivity (Wildman–Crippen MR) is 111 cm³/mol. The van der Waals surface area contributed by atoms with Crippen molar-refractivity contribution in [2.75, 3.05) is 37.7 Å². The average Bonchev–Trinajstić information content (AvgIpc) is 3.36. The van der Waals surface area contributed by atoms with E-state index in [9.17, 15) is 26.4 Å². The van der Waals surface area contributed by atoms with Crippen LogP contribution in [0, 0.1) is 0 Å². The van der Waals surface area contributed by atoms with Gasteiger partial charge in [0.25, 0.3) is 5.91 Å². The van der Waals surface area contributed by atoms with Crippen LogP contribution in [-0.2, 0) is 24.7 Å². The van der Waals surface area contributed by atoms with E-state index in [1.807, 2.05) is 0 Å². The van der Waals surface area contributed by atoms with Gasteiger partial charge in [0.2, 0.25) is 15.9 Å². The molecule has 11 heteroatoms. The lowest BCUT2D eigenvalue weighted by atomic mass is 10.2. The summed E-state index contributed by atoms with van der Waals surface area (Å²) >= 11 is 0. The maximum atomic E-state index is 12.8. The van der Waals surface area contributed by atoms with Gasteiger partial charge in [-0.1, -0.05) is 0 Å². The van der Waals surface area contributed by atoms with Gasteiger partial charge in [-0.2, -0.15) is 4.31 Å². The van der Waals surface area contributed by atoms with Crippen molar-refractivity contribution in [3.05, 3.63) is 29.8 Å². The molecule has 1 aromatic rings. The number of nitrogens with zero attached hydrogens (tertiary/aromatic N) is 2. The van der Waals surface area contributed by atoms with Gasteiger partial charge in [0.05, 0.1) is 22.9 Å². The molecule has 0 radical (unpaired) electrons. The van der Waals surface area contributed by atoms with E-state index in [4.69, 9.17) is 0 Å². The molecule has 2 aliphatic rings. The number of sulfone groups is 1. The second-order valence-electron chi connectivity index (χ2n) is 7.62. The number of carbonyl (C=O) groups is 2. The molecule has 2 fully saturated rings. The molecule has 2 aliphatic heterocycles. The lowest BCUT2D eigenvalue weighted by molar-refractivity contribution is -0.122. The van der Waals surface area contributed by atoms with Crippen LogP contribution in [0.4, 0.5) is 0 Å². The first-order valence-electron chi connectivity index (χ1n) is 10.0. The first kappa shape index (κ1) is 22.7. The molecule has 0 bridgehead atoms. The Kier molecular flexibility index (Phi) is 6.83. The standard InChI is InChI=1S/C19H27N3O6S2/c1-2-21(13-18(23)20-16-9-12-29(25,26)14-16)19(24)15-5-7-17(8-6-15)30(27,28)22-10-3-4-11-22/h5-8,16H,2-4,9-14H2,1H3,(H,20,23)/t16-/m0/s1. The fourth-order valence-electron chi connectivity index (χ4n) is 3.71. The van der Waals surface area contributed by atoms with Crippen molar-refractivity contribution < 1.29 is 26.4 Å². The van der Waals surface area contributed by atoms with E-state index in [-0.39, 0.29) is 35.1 Å². The summed E-state index contributed by atoms with van der Waals surface area (Å²) in [6, 6.07) is 5.31. The minimum absolute atomic E-state index is 0.0566. The summed E-state index contributed by atoms with van der Waals surface area (Å²) in [5, 5.41) is 2.67. The number of likely N-dealkylation sites (N-methyl/N-ethyl adjacent to an activating group) is 1. The lowest BCUT2D eigenvalue weighted by Gasteiger charge is -2.22. The van der Waals surface area contributed by atoms with Crippen molar-refractivity contribution >= 4 is 31.7 Å². The second kappa shape index (κ2) is 9.03. The molecule has 0 saturated carbocycles. The van der Waals surface area contributed by atoms with Crippen LogP contribution >= 0.6 is 0 Å². The molecule has 2 heterocycles. The minimum atomic E-state index is -3.55. The second-order valence-corrected chi connectivity index (χ2v) is 11.8. The van der Waals surface area contributed by atoms with Gasteiger partial charge in [0.1, 0.15) is 0 Å². The molecular weight excluding hydrogens is 430 g/mol. The number of rotatable bonds is 7. The normalized spacial score (nSPS) is 21.4. The highest BCUT2D eigenvalue weighted by Gasteiger charge is 2.30. The SMILES string of the molecule is CCN(CC(=O)N[C@H]1CCS(=O)(=O)C1)C(=O)c1ccc(S(=O)(=O)N2CCCC2)cc1. The van der Waals surface area contributed by atoms with E-state index in [0.29, 0.717) is 19.5 Å². The smallest absolute Gasteiger partial charge is 0.254 e. The zero-order valence-corrected chi connectivity index (χ0v) is 18.5. The number of nitrogens with one attached hydrogen (secondary N) is 1. The summed E-state index contributed by atoms with van der Waals surface area (Å²) in [5.41, 5.74) is 0.286. The monoisotopic (exact) mass is 457 g/mol. The topological polar surface area (TPSA) is 121 Å². The third-order valence-electron chi connectivity index (χ3n) is 5.41. The maximum absolute atomic E-state index is 12.8. The quantitative estimate of drug-likeness (QED) is 0.626. The lowest BCUT2D eigenvalue weighted by Crippen LogP contribution is -2.44. The van der Waals surface area contributed by atoms with E-state index < -0.39 is 37.7 Å². The fourth-order valence-corrected chi connectivity index (χ4v) is 6.90. The van der Waals surface area contributed by atoms with Crippen LogP contribution < -0.4 is 5.32 Å². The zero-order chi connectivity index (χ0) is 21.9. The fraction of sp³-hybridized carbons (Fsp3) is 0.579. The van der Waals surface area contributed by atoms with E-state index >= 15 is 0 Å². The zero-order valence-electron chi connectivity index (χ0n) is 16.9. The van der Waals surface area contributed by atoms with Gasteiger partial charge in [0, 0.05) is 31.2 Å². The van der Waals surface area contributed by atoms with E-state index in [0.717, 1.165) is 12.8 Å². The third-order valence-corrected chi connectivity index (χ3v) is 9.09. The Labute approximate surface area is 177 Å². The highest BCUT2D eigenvalue weighted by atomic mass is 32.2. The Balaban J connectivity index is 1.63. The average molecular weight is 458 g/mol. The molecule has 2 amide bonds. The Hall–Kier alpha value is -1.98. The van der Waals surface area contributed by atoms with E-state index in [1.54, 1.807) is 6.92 Å². The molecule has 3 rings (SSSR count). The van der Waals surface area contributed by atoms with Crippen LogP contribution in [0.25, 0.3) is 0 Å². The molecule has 0 unspecified atom stereocenters. The first-order valence-corrected chi connectivity index (χ1v) is 13.3. The number of carbonyl (C=O) groups excluding carboxylic acids is 2. The van der Waals surface area contributed by atoms with Crippen LogP contribution in [0.15, 0.2) is 29.2 Å². The number of benzene rings is 1. The molecule has 0 aliphatic carbocycles. The van der Waals surface area contributed by atoms with Gasteiger partial charge in [-0.25, -0.2) is 16.8 Å². The highest BCUT2D eigenvalue weighted by Crippen LogP contribution is 2.21. The van der Waals surface area contributed by atoms with Gasteiger partial charge < -0.3 is 10.2 Å². The number of hydrogen-bond donors (Lipinski definition) is 1. The molecule has 0 aromatic heterocycles. The summed E-state index contributed by atoms with van der Waals surface area (Å²) < 4.78 is 49.7. The van der Waals surface area contributed by atoms with Crippen molar-refractivity contribution in [1.82, 2.24) is 14.5 Å². The van der Waals surface area contributed by atoms with Crippen molar-refractivity contribution in [3.63, 3.8) is 0 Å². The van der Waals surface area contributed by atoms with Crippen LogP contribution in [0.1, 0.15) is 36.5 Å². The Morgan fingerprint density at radius 2 is 1.80 bits per heavy atom. The number of sulfonamides is 1. The van der Waals surface area contributed by atoms with Gasteiger partial charge in [-0.15, -0.1) is 0 Å². The van der Waals surface area contributed by atoms with Crippen LogP contribution in [0.2, 0.25) is 0 Å². The summed E-state index contributed by atoms with van der Waals surface area (Å²) in [7, 11) is -6.66. The molecular formula is C19H27N3O6S2. The Morgan fingerprint density at radius 3 is 2.33 bits per heavy atom. The van der Waals surface area contributed by atoms with Crippen LogP contribution in [-0.4, -0.2) is 81.6 Å². The first-order chi connectivity index (χ1) is 14.1. The molecule has 1 aromatic carbocycles. The van der Waals surface area contributed by atoms with E-state index in [1.165, 1.54) is 33.5 Å². The third kappa shape index (κ3) is 5.19. The predicted octanol–water partition coefficient (Wildman–Crippen LogP) is 0.237. The van der Waals surface area contributed by atoms with Crippen LogP contribution in [0.5, 0.6) is 0 Å². The summed E-state index contributed by atoms with van der Waals surface area (Å²) in [6.45, 7) is 2.83. The van der Waals surface area contributed by atoms with Gasteiger partial charge >= 0.3 is 0 Å². The molecule has 9 nitrogen and oxygen atoms in total. The molecule has 30 heavy (non-hydrogen) atoms. The van der Waals surface area contributed by atoms with Crippen molar-refractivity contribution in [3.8, 4) is 0 Å². The largest absolute Gasteiger partial charge is 0.351 e. The Morgan fingerprint density at radius 1 is 1.17 bits per heavy atom. The van der Waals surface area contributed by atoms with Crippen LogP contribution in [0.3, 0.4) is 0 Å². The molecule has 1 N–H and O–H groups in total. The minimum Gasteiger partial charge on any atom is -0.351 e. The van der Waals surface area contributed by atoms with Gasteiger partial charge in [-0.05, 0) is 50.5 Å². The van der Waals surface area contributed by atoms with Crippen molar-refractivity contribution in [1.29, 1.82) is 0 Å². The molecule has 166 valence electrons. The Bertz CT molecular complexity index is 999.